The molecule has 1 aromatic heterocycles. The summed E-state index contributed by atoms with van der Waals surface area (Å²) in [5, 5.41) is 3.41. The fourth-order valence-electron chi connectivity index (χ4n) is 2.82. The van der Waals surface area contributed by atoms with Crippen LogP contribution in [0.1, 0.15) is 18.1 Å². The third kappa shape index (κ3) is 4.71. The third-order valence-corrected chi connectivity index (χ3v) is 5.16. The summed E-state index contributed by atoms with van der Waals surface area (Å²) in [4.78, 5) is 17.0. The number of carbonyl (C=O) groups excluding carboxylic acids is 1. The molecular weight excluding hydrogens is 358 g/mol. The molecule has 6 heteroatoms. The maximum atomic E-state index is 12.6. The largest absolute Gasteiger partial charge is 0.497 e. The number of benzene rings is 2. The number of aryl methyl sites for hydroxylation is 2. The summed E-state index contributed by atoms with van der Waals surface area (Å²) in [5.41, 5.74) is 4.15. The molecule has 0 saturated carbocycles. The molecular formula is C21H23N3O2S. The standard InChI is InChI=1S/C21H23N3O2S/c1-14-10-15(2)12-18(11-14)24-9-8-22-21(24)27-16(3)20(25)23-17-6-5-7-19(13-17)26-4/h5-13,16H,1-4H3,(H,23,25). The number of hydrogen-bond donors (Lipinski definition) is 1. The molecule has 0 aliphatic heterocycles. The van der Waals surface area contributed by atoms with E-state index in [1.54, 1.807) is 19.4 Å². The van der Waals surface area contributed by atoms with Crippen LogP contribution in [-0.2, 0) is 4.79 Å². The van der Waals surface area contributed by atoms with Gasteiger partial charge in [0.2, 0.25) is 5.91 Å². The quantitative estimate of drug-likeness (QED) is 0.633. The number of rotatable bonds is 6. The van der Waals surface area contributed by atoms with E-state index in [1.165, 1.54) is 22.9 Å². The van der Waals surface area contributed by atoms with E-state index in [-0.39, 0.29) is 11.2 Å². The number of amides is 1. The normalized spacial score (nSPS) is 11.9. The molecule has 0 spiro atoms. The molecule has 27 heavy (non-hydrogen) atoms. The van der Waals surface area contributed by atoms with Gasteiger partial charge in [-0.1, -0.05) is 23.9 Å². The zero-order valence-electron chi connectivity index (χ0n) is 15.9. The molecule has 3 aromatic rings. The Balaban J connectivity index is 1.73. The highest BCUT2D eigenvalue weighted by Crippen LogP contribution is 2.26. The van der Waals surface area contributed by atoms with E-state index in [9.17, 15) is 4.79 Å². The number of carbonyl (C=O) groups is 1. The van der Waals surface area contributed by atoms with Crippen LogP contribution >= 0.6 is 11.8 Å². The second-order valence-corrected chi connectivity index (χ2v) is 7.71. The summed E-state index contributed by atoms with van der Waals surface area (Å²) >= 11 is 1.43. The first-order valence-electron chi connectivity index (χ1n) is 8.70. The minimum Gasteiger partial charge on any atom is -0.497 e. The second kappa shape index (κ2) is 8.31. The number of aromatic nitrogens is 2. The zero-order chi connectivity index (χ0) is 19.4. The molecule has 140 valence electrons. The van der Waals surface area contributed by atoms with E-state index >= 15 is 0 Å². The van der Waals surface area contributed by atoms with E-state index in [4.69, 9.17) is 4.74 Å². The second-order valence-electron chi connectivity index (χ2n) is 6.41. The van der Waals surface area contributed by atoms with Crippen LogP contribution in [0.2, 0.25) is 0 Å². The molecule has 1 heterocycles. The number of nitrogens with zero attached hydrogens (tertiary/aromatic N) is 2. The highest BCUT2D eigenvalue weighted by Gasteiger charge is 2.18. The molecule has 0 aliphatic carbocycles. The van der Waals surface area contributed by atoms with Gasteiger partial charge in [0.05, 0.1) is 12.4 Å². The van der Waals surface area contributed by atoms with Crippen LogP contribution in [0.25, 0.3) is 5.69 Å². The molecule has 1 unspecified atom stereocenters. The van der Waals surface area contributed by atoms with Gasteiger partial charge in [-0.05, 0) is 56.2 Å². The van der Waals surface area contributed by atoms with E-state index < -0.39 is 0 Å². The molecule has 5 nitrogen and oxygen atoms in total. The molecule has 1 N–H and O–H groups in total. The molecule has 0 fully saturated rings. The predicted octanol–water partition coefficient (Wildman–Crippen LogP) is 4.62. The summed E-state index contributed by atoms with van der Waals surface area (Å²) in [7, 11) is 1.60. The lowest BCUT2D eigenvalue weighted by atomic mass is 10.1. The van der Waals surface area contributed by atoms with Gasteiger partial charge in [0.15, 0.2) is 5.16 Å². The Hall–Kier alpha value is -2.73. The van der Waals surface area contributed by atoms with E-state index in [0.717, 1.165) is 10.8 Å². The van der Waals surface area contributed by atoms with Crippen LogP contribution in [0.5, 0.6) is 5.75 Å². The highest BCUT2D eigenvalue weighted by molar-refractivity contribution is 8.00. The molecule has 2 aromatic carbocycles. The summed E-state index contributed by atoms with van der Waals surface area (Å²) < 4.78 is 7.21. The Bertz CT molecular complexity index is 932. The first kappa shape index (κ1) is 19.0. The molecule has 1 atom stereocenters. The molecule has 3 rings (SSSR count). The topological polar surface area (TPSA) is 56.1 Å². The zero-order valence-corrected chi connectivity index (χ0v) is 16.7. The minimum absolute atomic E-state index is 0.0803. The van der Waals surface area contributed by atoms with E-state index in [2.05, 4.69) is 42.3 Å². The van der Waals surface area contributed by atoms with Crippen LogP contribution in [0.3, 0.4) is 0 Å². The van der Waals surface area contributed by atoms with Gasteiger partial charge in [-0.2, -0.15) is 0 Å². The lowest BCUT2D eigenvalue weighted by molar-refractivity contribution is -0.115. The number of methoxy groups -OCH3 is 1. The number of anilines is 1. The van der Waals surface area contributed by atoms with Gasteiger partial charge in [0.25, 0.3) is 0 Å². The van der Waals surface area contributed by atoms with Gasteiger partial charge < -0.3 is 10.1 Å². The van der Waals surface area contributed by atoms with Gasteiger partial charge >= 0.3 is 0 Å². The summed E-state index contributed by atoms with van der Waals surface area (Å²) in [6, 6.07) is 13.7. The molecule has 0 bridgehead atoms. The van der Waals surface area contributed by atoms with Crippen molar-refractivity contribution in [1.29, 1.82) is 0 Å². The van der Waals surface area contributed by atoms with Crippen LogP contribution < -0.4 is 10.1 Å². The maximum Gasteiger partial charge on any atom is 0.237 e. The summed E-state index contributed by atoms with van der Waals surface area (Å²) in [5.74, 6) is 0.627. The van der Waals surface area contributed by atoms with Gasteiger partial charge in [-0.15, -0.1) is 0 Å². The average Bonchev–Trinajstić information content (AvgIpc) is 3.09. The monoisotopic (exact) mass is 381 g/mol. The smallest absolute Gasteiger partial charge is 0.237 e. The van der Waals surface area contributed by atoms with Crippen molar-refractivity contribution in [2.24, 2.45) is 0 Å². The first-order valence-corrected chi connectivity index (χ1v) is 9.58. The highest BCUT2D eigenvalue weighted by atomic mass is 32.2. The van der Waals surface area contributed by atoms with Crippen LogP contribution in [0.4, 0.5) is 5.69 Å². The molecule has 0 radical (unpaired) electrons. The Morgan fingerprint density at radius 2 is 1.93 bits per heavy atom. The van der Waals surface area contributed by atoms with Crippen molar-refractivity contribution in [3.63, 3.8) is 0 Å². The van der Waals surface area contributed by atoms with Crippen molar-refractivity contribution in [2.75, 3.05) is 12.4 Å². The van der Waals surface area contributed by atoms with Crippen molar-refractivity contribution in [3.8, 4) is 11.4 Å². The van der Waals surface area contributed by atoms with Crippen molar-refractivity contribution in [2.45, 2.75) is 31.2 Å². The van der Waals surface area contributed by atoms with Crippen molar-refractivity contribution >= 4 is 23.4 Å². The van der Waals surface area contributed by atoms with Crippen molar-refractivity contribution < 1.29 is 9.53 Å². The lowest BCUT2D eigenvalue weighted by Crippen LogP contribution is -2.22. The van der Waals surface area contributed by atoms with Crippen LogP contribution in [-0.4, -0.2) is 27.8 Å². The number of imidazole rings is 1. The third-order valence-electron chi connectivity index (χ3n) is 4.08. The van der Waals surface area contributed by atoms with E-state index in [0.29, 0.717) is 11.4 Å². The molecule has 1 amide bonds. The van der Waals surface area contributed by atoms with Gasteiger partial charge in [-0.25, -0.2) is 4.98 Å². The fourth-order valence-corrected chi connectivity index (χ4v) is 3.70. The number of thioether (sulfide) groups is 1. The number of nitrogens with one attached hydrogen (secondary N) is 1. The SMILES string of the molecule is COc1cccc(NC(=O)C(C)Sc2nccn2-c2cc(C)cc(C)c2)c1. The van der Waals surface area contributed by atoms with Crippen molar-refractivity contribution in [3.05, 3.63) is 66.0 Å². The Labute approximate surface area is 163 Å². The summed E-state index contributed by atoms with van der Waals surface area (Å²) in [6.45, 7) is 6.02. The molecule has 0 aliphatic rings. The predicted molar refractivity (Wildman–Crippen MR) is 110 cm³/mol. The Kier molecular flexibility index (Phi) is 5.86. The van der Waals surface area contributed by atoms with Crippen LogP contribution in [0, 0.1) is 13.8 Å². The number of ether oxygens (including phenoxy) is 1. The van der Waals surface area contributed by atoms with Gasteiger partial charge in [-0.3, -0.25) is 9.36 Å². The molecule has 0 saturated heterocycles. The maximum absolute atomic E-state index is 12.6. The lowest BCUT2D eigenvalue weighted by Gasteiger charge is -2.14. The van der Waals surface area contributed by atoms with Gasteiger partial charge in [0.1, 0.15) is 5.75 Å². The number of hydrogen-bond acceptors (Lipinski definition) is 4. The Morgan fingerprint density at radius 3 is 2.63 bits per heavy atom. The van der Waals surface area contributed by atoms with E-state index in [1.807, 2.05) is 35.9 Å². The van der Waals surface area contributed by atoms with Crippen molar-refractivity contribution in [1.82, 2.24) is 9.55 Å². The average molecular weight is 382 g/mol. The van der Waals surface area contributed by atoms with Crippen LogP contribution in [0.15, 0.2) is 60.0 Å². The Morgan fingerprint density at radius 1 is 1.19 bits per heavy atom. The fraction of sp³-hybridized carbons (Fsp3) is 0.238. The first-order chi connectivity index (χ1) is 13.0. The minimum atomic E-state index is -0.303. The van der Waals surface area contributed by atoms with Gasteiger partial charge in [0, 0.05) is 29.8 Å². The summed E-state index contributed by atoms with van der Waals surface area (Å²) in [6.07, 6.45) is 3.68.